The van der Waals surface area contributed by atoms with Gasteiger partial charge in [-0.05, 0) is 12.1 Å². The average molecular weight is 244 g/mol. The summed E-state index contributed by atoms with van der Waals surface area (Å²) in [6.07, 6.45) is 0.644. The van der Waals surface area contributed by atoms with Crippen molar-refractivity contribution in [3.8, 4) is 11.4 Å². The van der Waals surface area contributed by atoms with E-state index in [2.05, 4.69) is 15.2 Å². The molecule has 0 fully saturated rings. The summed E-state index contributed by atoms with van der Waals surface area (Å²) in [5.41, 5.74) is -0.00199. The lowest BCUT2D eigenvalue weighted by Crippen LogP contribution is -1.90. The second kappa shape index (κ2) is 4.17. The summed E-state index contributed by atoms with van der Waals surface area (Å²) in [4.78, 5) is 4.01. The van der Waals surface area contributed by atoms with E-state index in [-0.39, 0.29) is 16.4 Å². The SMILES string of the molecule is CCc1nc(-c2cc(F)c(Cl)cc2F)n[nH]1. The minimum absolute atomic E-state index is 0.00199. The number of aromatic nitrogens is 3. The van der Waals surface area contributed by atoms with E-state index in [4.69, 9.17) is 11.6 Å². The predicted octanol–water partition coefficient (Wildman–Crippen LogP) is 2.97. The van der Waals surface area contributed by atoms with Gasteiger partial charge in [0.15, 0.2) is 5.82 Å². The van der Waals surface area contributed by atoms with Crippen molar-refractivity contribution in [1.82, 2.24) is 15.2 Å². The first kappa shape index (κ1) is 11.0. The lowest BCUT2D eigenvalue weighted by atomic mass is 10.2. The number of nitrogens with one attached hydrogen (secondary N) is 1. The smallest absolute Gasteiger partial charge is 0.184 e. The Labute approximate surface area is 95.5 Å². The molecule has 0 amide bonds. The van der Waals surface area contributed by atoms with E-state index in [0.29, 0.717) is 12.2 Å². The largest absolute Gasteiger partial charge is 0.263 e. The number of aryl methyl sites for hydroxylation is 1. The molecule has 0 aliphatic carbocycles. The van der Waals surface area contributed by atoms with Crippen LogP contribution in [-0.4, -0.2) is 15.2 Å². The molecule has 0 saturated heterocycles. The number of hydrogen-bond acceptors (Lipinski definition) is 2. The van der Waals surface area contributed by atoms with Crippen LogP contribution < -0.4 is 0 Å². The molecule has 6 heteroatoms. The van der Waals surface area contributed by atoms with Crippen LogP contribution in [0.2, 0.25) is 5.02 Å². The van der Waals surface area contributed by atoms with Gasteiger partial charge in [-0.2, -0.15) is 5.10 Å². The highest BCUT2D eigenvalue weighted by Crippen LogP contribution is 2.25. The van der Waals surface area contributed by atoms with E-state index in [9.17, 15) is 8.78 Å². The van der Waals surface area contributed by atoms with E-state index < -0.39 is 11.6 Å². The van der Waals surface area contributed by atoms with Gasteiger partial charge in [-0.3, -0.25) is 5.10 Å². The number of benzene rings is 1. The van der Waals surface area contributed by atoms with Crippen LogP contribution in [0.3, 0.4) is 0 Å². The second-order valence-corrected chi connectivity index (χ2v) is 3.61. The zero-order valence-corrected chi connectivity index (χ0v) is 9.15. The number of H-pyrrole nitrogens is 1. The number of rotatable bonds is 2. The lowest BCUT2D eigenvalue weighted by molar-refractivity contribution is 0.602. The molecule has 1 aromatic carbocycles. The summed E-state index contributed by atoms with van der Waals surface area (Å²) in [5, 5.41) is 6.18. The predicted molar refractivity (Wildman–Crippen MR) is 56.1 cm³/mol. The van der Waals surface area contributed by atoms with Crippen LogP contribution in [0.1, 0.15) is 12.7 Å². The van der Waals surface area contributed by atoms with Gasteiger partial charge in [0.2, 0.25) is 0 Å². The molecule has 1 heterocycles. The van der Waals surface area contributed by atoms with Crippen molar-refractivity contribution in [3.05, 3.63) is 34.6 Å². The Hall–Kier alpha value is -1.49. The van der Waals surface area contributed by atoms with Crippen LogP contribution in [-0.2, 0) is 6.42 Å². The average Bonchev–Trinajstić information content (AvgIpc) is 2.71. The maximum Gasteiger partial charge on any atom is 0.184 e. The molecule has 1 aromatic heterocycles. The first-order chi connectivity index (χ1) is 7.61. The van der Waals surface area contributed by atoms with Gasteiger partial charge in [0, 0.05) is 6.42 Å². The Morgan fingerprint density at radius 2 is 2.06 bits per heavy atom. The summed E-state index contributed by atoms with van der Waals surface area (Å²) >= 11 is 5.44. The molecule has 2 rings (SSSR count). The maximum atomic E-state index is 13.5. The van der Waals surface area contributed by atoms with Crippen LogP contribution in [0.25, 0.3) is 11.4 Å². The molecule has 0 aliphatic heterocycles. The van der Waals surface area contributed by atoms with E-state index >= 15 is 0 Å². The van der Waals surface area contributed by atoms with Crippen molar-refractivity contribution in [1.29, 1.82) is 0 Å². The van der Waals surface area contributed by atoms with Crippen LogP contribution in [0, 0.1) is 11.6 Å². The Morgan fingerprint density at radius 1 is 1.31 bits per heavy atom. The van der Waals surface area contributed by atoms with Gasteiger partial charge >= 0.3 is 0 Å². The van der Waals surface area contributed by atoms with Crippen molar-refractivity contribution in [2.75, 3.05) is 0 Å². The molecule has 0 spiro atoms. The van der Waals surface area contributed by atoms with E-state index in [1.165, 1.54) is 0 Å². The minimum atomic E-state index is -0.694. The molecule has 84 valence electrons. The molecule has 3 nitrogen and oxygen atoms in total. The molecular weight excluding hydrogens is 236 g/mol. The fraction of sp³-hybridized carbons (Fsp3) is 0.200. The van der Waals surface area contributed by atoms with Crippen molar-refractivity contribution in [2.45, 2.75) is 13.3 Å². The monoisotopic (exact) mass is 243 g/mol. The van der Waals surface area contributed by atoms with Gasteiger partial charge in [-0.1, -0.05) is 18.5 Å². The number of nitrogens with zero attached hydrogens (tertiary/aromatic N) is 2. The highest BCUT2D eigenvalue weighted by molar-refractivity contribution is 6.30. The number of hydrogen-bond donors (Lipinski definition) is 1. The third-order valence-corrected chi connectivity index (χ3v) is 2.41. The fourth-order valence-electron chi connectivity index (χ4n) is 1.27. The summed E-state index contributed by atoms with van der Waals surface area (Å²) in [6, 6.07) is 1.90. The van der Waals surface area contributed by atoms with Gasteiger partial charge < -0.3 is 0 Å². The first-order valence-electron chi connectivity index (χ1n) is 4.68. The highest BCUT2D eigenvalue weighted by Gasteiger charge is 2.14. The zero-order valence-electron chi connectivity index (χ0n) is 8.39. The van der Waals surface area contributed by atoms with Gasteiger partial charge in [0.1, 0.15) is 17.5 Å². The summed E-state index contributed by atoms with van der Waals surface area (Å²) < 4.78 is 26.7. The number of halogens is 3. The quantitative estimate of drug-likeness (QED) is 0.824. The normalized spacial score (nSPS) is 10.8. The standard InChI is InChI=1S/C10H8ClF2N3/c1-2-9-14-10(16-15-9)5-3-8(13)6(11)4-7(5)12/h3-4H,2H2,1H3,(H,14,15,16). The van der Waals surface area contributed by atoms with Crippen LogP contribution >= 0.6 is 11.6 Å². The topological polar surface area (TPSA) is 41.6 Å². The molecule has 0 bridgehead atoms. The number of aromatic amines is 1. The zero-order chi connectivity index (χ0) is 11.7. The van der Waals surface area contributed by atoms with E-state index in [1.54, 1.807) is 0 Å². The van der Waals surface area contributed by atoms with Gasteiger partial charge in [-0.15, -0.1) is 0 Å². The summed E-state index contributed by atoms with van der Waals surface area (Å²) in [5.74, 6) is -0.594. The molecule has 16 heavy (non-hydrogen) atoms. The van der Waals surface area contributed by atoms with Gasteiger partial charge in [0.25, 0.3) is 0 Å². The first-order valence-corrected chi connectivity index (χ1v) is 5.05. The fourth-order valence-corrected chi connectivity index (χ4v) is 1.42. The molecule has 0 aliphatic rings. The maximum absolute atomic E-state index is 13.5. The van der Waals surface area contributed by atoms with Gasteiger partial charge in [0.05, 0.1) is 10.6 Å². The highest BCUT2D eigenvalue weighted by atomic mass is 35.5. The second-order valence-electron chi connectivity index (χ2n) is 3.21. The van der Waals surface area contributed by atoms with E-state index in [1.807, 2.05) is 6.92 Å². The summed E-state index contributed by atoms with van der Waals surface area (Å²) in [7, 11) is 0. The molecule has 0 atom stereocenters. The Balaban J connectivity index is 2.51. The molecule has 0 unspecified atom stereocenters. The lowest BCUT2D eigenvalue weighted by Gasteiger charge is -2.00. The third kappa shape index (κ3) is 1.90. The van der Waals surface area contributed by atoms with Crippen molar-refractivity contribution < 1.29 is 8.78 Å². The molecular formula is C10H8ClF2N3. The molecule has 1 N–H and O–H groups in total. The molecule has 2 aromatic rings. The molecule has 0 saturated carbocycles. The van der Waals surface area contributed by atoms with E-state index in [0.717, 1.165) is 12.1 Å². The Kier molecular flexibility index (Phi) is 2.87. The molecule has 0 radical (unpaired) electrons. The van der Waals surface area contributed by atoms with Crippen molar-refractivity contribution in [2.24, 2.45) is 0 Å². The Morgan fingerprint density at radius 3 is 2.69 bits per heavy atom. The minimum Gasteiger partial charge on any atom is -0.263 e. The van der Waals surface area contributed by atoms with Crippen LogP contribution in [0.5, 0.6) is 0 Å². The third-order valence-electron chi connectivity index (χ3n) is 2.12. The Bertz CT molecular complexity index is 525. The summed E-state index contributed by atoms with van der Waals surface area (Å²) in [6.45, 7) is 1.88. The van der Waals surface area contributed by atoms with Gasteiger partial charge in [-0.25, -0.2) is 13.8 Å². The van der Waals surface area contributed by atoms with Crippen molar-refractivity contribution in [3.63, 3.8) is 0 Å². The van der Waals surface area contributed by atoms with Crippen LogP contribution in [0.4, 0.5) is 8.78 Å². The van der Waals surface area contributed by atoms with Crippen LogP contribution in [0.15, 0.2) is 12.1 Å². The van der Waals surface area contributed by atoms with Crippen molar-refractivity contribution >= 4 is 11.6 Å².